The standard InChI is InChI=1S/C15H31N3/c1-3-16-15(14-7-5-4-6-8-14)13-18-11-9-17(2)10-12-18/h14-16H,3-13H2,1-2H3. The minimum atomic E-state index is 0.735. The first-order valence-corrected chi connectivity index (χ1v) is 7.94. The van der Waals surface area contributed by atoms with E-state index >= 15 is 0 Å². The lowest BCUT2D eigenvalue weighted by Crippen LogP contribution is -2.51. The molecule has 1 saturated heterocycles. The van der Waals surface area contributed by atoms with E-state index in [2.05, 4.69) is 29.1 Å². The molecule has 0 spiro atoms. The summed E-state index contributed by atoms with van der Waals surface area (Å²) in [5, 5.41) is 3.76. The number of likely N-dealkylation sites (N-methyl/N-ethyl adjacent to an activating group) is 2. The van der Waals surface area contributed by atoms with Gasteiger partial charge in [-0.2, -0.15) is 0 Å². The third-order valence-electron chi connectivity index (χ3n) is 4.74. The Morgan fingerprint density at radius 1 is 1.06 bits per heavy atom. The minimum Gasteiger partial charge on any atom is -0.313 e. The molecule has 0 aromatic carbocycles. The fraction of sp³-hybridized carbons (Fsp3) is 1.00. The zero-order valence-corrected chi connectivity index (χ0v) is 12.3. The molecule has 18 heavy (non-hydrogen) atoms. The molecule has 1 N–H and O–H groups in total. The Hall–Kier alpha value is -0.120. The van der Waals surface area contributed by atoms with Crippen LogP contribution in [0.4, 0.5) is 0 Å². The molecule has 2 rings (SSSR count). The van der Waals surface area contributed by atoms with Crippen molar-refractivity contribution in [3.8, 4) is 0 Å². The summed E-state index contributed by atoms with van der Waals surface area (Å²) >= 11 is 0. The topological polar surface area (TPSA) is 18.5 Å². The number of hydrogen-bond donors (Lipinski definition) is 1. The van der Waals surface area contributed by atoms with E-state index < -0.39 is 0 Å². The average molecular weight is 253 g/mol. The third-order valence-corrected chi connectivity index (χ3v) is 4.74. The number of rotatable bonds is 5. The van der Waals surface area contributed by atoms with E-state index in [1.807, 2.05) is 0 Å². The van der Waals surface area contributed by atoms with Gasteiger partial charge in [0.15, 0.2) is 0 Å². The zero-order chi connectivity index (χ0) is 12.8. The van der Waals surface area contributed by atoms with E-state index in [0.29, 0.717) is 0 Å². The number of nitrogens with one attached hydrogen (secondary N) is 1. The van der Waals surface area contributed by atoms with Crippen molar-refractivity contribution in [2.24, 2.45) is 5.92 Å². The van der Waals surface area contributed by atoms with Crippen molar-refractivity contribution in [1.29, 1.82) is 0 Å². The van der Waals surface area contributed by atoms with Crippen LogP contribution in [-0.4, -0.2) is 62.2 Å². The second-order valence-electron chi connectivity index (χ2n) is 6.17. The normalized spacial score (nSPS) is 26.3. The highest BCUT2D eigenvalue weighted by atomic mass is 15.3. The molecule has 1 atom stereocenters. The molecule has 2 fully saturated rings. The van der Waals surface area contributed by atoms with Crippen LogP contribution in [0.1, 0.15) is 39.0 Å². The maximum atomic E-state index is 3.76. The molecule has 1 saturated carbocycles. The lowest BCUT2D eigenvalue weighted by atomic mass is 9.83. The van der Waals surface area contributed by atoms with E-state index in [-0.39, 0.29) is 0 Å². The highest BCUT2D eigenvalue weighted by Crippen LogP contribution is 2.27. The van der Waals surface area contributed by atoms with Crippen molar-refractivity contribution in [3.63, 3.8) is 0 Å². The van der Waals surface area contributed by atoms with Crippen LogP contribution in [0.5, 0.6) is 0 Å². The Kier molecular flexibility index (Phi) is 5.93. The van der Waals surface area contributed by atoms with Crippen molar-refractivity contribution in [2.75, 3.05) is 46.3 Å². The Morgan fingerprint density at radius 3 is 2.33 bits per heavy atom. The molecular weight excluding hydrogens is 222 g/mol. The van der Waals surface area contributed by atoms with E-state index in [4.69, 9.17) is 0 Å². The van der Waals surface area contributed by atoms with Gasteiger partial charge in [-0.15, -0.1) is 0 Å². The van der Waals surface area contributed by atoms with Crippen LogP contribution >= 0.6 is 0 Å². The Balaban J connectivity index is 1.81. The number of piperazine rings is 1. The van der Waals surface area contributed by atoms with Crippen molar-refractivity contribution in [3.05, 3.63) is 0 Å². The highest BCUT2D eigenvalue weighted by Gasteiger charge is 2.25. The SMILES string of the molecule is CCNC(CN1CCN(C)CC1)C1CCCCC1. The predicted molar refractivity (Wildman–Crippen MR) is 78.0 cm³/mol. The van der Waals surface area contributed by atoms with Gasteiger partial charge >= 0.3 is 0 Å². The Morgan fingerprint density at radius 2 is 1.72 bits per heavy atom. The molecule has 0 amide bonds. The number of hydrogen-bond acceptors (Lipinski definition) is 3. The summed E-state index contributed by atoms with van der Waals surface area (Å²) in [5.74, 6) is 0.929. The molecular formula is C15H31N3. The van der Waals surface area contributed by atoms with E-state index in [1.165, 1.54) is 64.8 Å². The highest BCUT2D eigenvalue weighted by molar-refractivity contribution is 4.83. The molecule has 106 valence electrons. The van der Waals surface area contributed by atoms with E-state index in [1.54, 1.807) is 0 Å². The van der Waals surface area contributed by atoms with E-state index in [0.717, 1.165) is 18.5 Å². The molecule has 1 unspecified atom stereocenters. The first-order chi connectivity index (χ1) is 8.79. The van der Waals surface area contributed by atoms with Crippen LogP contribution < -0.4 is 5.32 Å². The smallest absolute Gasteiger partial charge is 0.0223 e. The van der Waals surface area contributed by atoms with Gasteiger partial charge in [-0.25, -0.2) is 0 Å². The van der Waals surface area contributed by atoms with Gasteiger partial charge in [0.25, 0.3) is 0 Å². The Bertz CT molecular complexity index is 218. The van der Waals surface area contributed by atoms with Gasteiger partial charge in [0.1, 0.15) is 0 Å². The molecule has 0 radical (unpaired) electrons. The van der Waals surface area contributed by atoms with Crippen molar-refractivity contribution < 1.29 is 0 Å². The largest absolute Gasteiger partial charge is 0.313 e. The summed E-state index contributed by atoms with van der Waals surface area (Å²) in [5.41, 5.74) is 0. The van der Waals surface area contributed by atoms with Crippen LogP contribution in [-0.2, 0) is 0 Å². The van der Waals surface area contributed by atoms with E-state index in [9.17, 15) is 0 Å². The maximum absolute atomic E-state index is 3.76. The summed E-state index contributed by atoms with van der Waals surface area (Å²) in [6.45, 7) is 9.63. The van der Waals surface area contributed by atoms with Crippen molar-refractivity contribution >= 4 is 0 Å². The molecule has 3 nitrogen and oxygen atoms in total. The van der Waals surface area contributed by atoms with Gasteiger partial charge in [-0.05, 0) is 32.4 Å². The Labute approximate surface area is 113 Å². The van der Waals surface area contributed by atoms with Gasteiger partial charge in [0.2, 0.25) is 0 Å². The molecule has 1 aliphatic carbocycles. The van der Waals surface area contributed by atoms with Gasteiger partial charge in [-0.3, -0.25) is 4.90 Å². The molecule has 1 heterocycles. The van der Waals surface area contributed by atoms with Crippen molar-refractivity contribution in [2.45, 2.75) is 45.1 Å². The zero-order valence-electron chi connectivity index (χ0n) is 12.3. The van der Waals surface area contributed by atoms with Gasteiger partial charge in [0, 0.05) is 38.8 Å². The fourth-order valence-electron chi connectivity index (χ4n) is 3.49. The molecule has 3 heteroatoms. The quantitative estimate of drug-likeness (QED) is 0.806. The summed E-state index contributed by atoms with van der Waals surface area (Å²) in [4.78, 5) is 5.11. The summed E-state index contributed by atoms with van der Waals surface area (Å²) in [6, 6.07) is 0.735. The monoisotopic (exact) mass is 253 g/mol. The minimum absolute atomic E-state index is 0.735. The summed E-state index contributed by atoms with van der Waals surface area (Å²) in [7, 11) is 2.24. The lowest BCUT2D eigenvalue weighted by molar-refractivity contribution is 0.123. The molecule has 1 aliphatic heterocycles. The maximum Gasteiger partial charge on any atom is 0.0223 e. The second-order valence-corrected chi connectivity index (χ2v) is 6.17. The summed E-state index contributed by atoms with van der Waals surface area (Å²) < 4.78 is 0. The van der Waals surface area contributed by atoms with Gasteiger partial charge in [-0.1, -0.05) is 26.2 Å². The lowest BCUT2D eigenvalue weighted by Gasteiger charge is -2.38. The fourth-order valence-corrected chi connectivity index (χ4v) is 3.49. The van der Waals surface area contributed by atoms with Crippen molar-refractivity contribution in [1.82, 2.24) is 15.1 Å². The van der Waals surface area contributed by atoms with Crippen LogP contribution in [0.3, 0.4) is 0 Å². The van der Waals surface area contributed by atoms with Gasteiger partial charge < -0.3 is 10.2 Å². The average Bonchev–Trinajstić information content (AvgIpc) is 2.42. The molecule has 2 aliphatic rings. The second kappa shape index (κ2) is 7.46. The van der Waals surface area contributed by atoms with Gasteiger partial charge in [0.05, 0.1) is 0 Å². The summed E-state index contributed by atoms with van der Waals surface area (Å²) in [6.07, 6.45) is 7.27. The van der Waals surface area contributed by atoms with Crippen LogP contribution in [0, 0.1) is 5.92 Å². The van der Waals surface area contributed by atoms with Crippen LogP contribution in [0.15, 0.2) is 0 Å². The third kappa shape index (κ3) is 4.22. The molecule has 0 aromatic heterocycles. The number of nitrogens with zero attached hydrogens (tertiary/aromatic N) is 2. The predicted octanol–water partition coefficient (Wildman–Crippen LogP) is 1.79. The van der Waals surface area contributed by atoms with Crippen LogP contribution in [0.25, 0.3) is 0 Å². The van der Waals surface area contributed by atoms with Crippen LogP contribution in [0.2, 0.25) is 0 Å². The first-order valence-electron chi connectivity index (χ1n) is 7.94. The first kappa shape index (κ1) is 14.3. The molecule has 0 bridgehead atoms. The molecule has 0 aromatic rings.